The van der Waals surface area contributed by atoms with Crippen molar-refractivity contribution in [3.8, 4) is 0 Å². The van der Waals surface area contributed by atoms with E-state index in [2.05, 4.69) is 41.8 Å². The molecule has 1 saturated heterocycles. The number of nitrogens with one attached hydrogen (secondary N) is 3. The summed E-state index contributed by atoms with van der Waals surface area (Å²) in [6, 6.07) is 5.39. The van der Waals surface area contributed by atoms with Crippen molar-refractivity contribution in [3.05, 3.63) is 34.1 Å². The minimum Gasteiger partial charge on any atom is -0.355 e. The highest BCUT2D eigenvalue weighted by atomic mass is 79.9. The fourth-order valence-electron chi connectivity index (χ4n) is 2.98. The molecule has 3 N–H and O–H groups in total. The third-order valence-corrected chi connectivity index (χ3v) is 5.18. The van der Waals surface area contributed by atoms with Crippen LogP contribution in [0.3, 0.4) is 0 Å². The molecular formula is C19H29BrFN5O. The minimum atomic E-state index is -0.271. The molecule has 150 valence electrons. The molecule has 0 saturated carbocycles. The van der Waals surface area contributed by atoms with Crippen LogP contribution in [0.1, 0.15) is 31.7 Å². The molecule has 0 radical (unpaired) electrons. The largest absolute Gasteiger partial charge is 0.355 e. The SMILES string of the molecule is CCCNC(=O)CN1CCC(NC(=NC)NCc2ccc(Br)c(F)c2)CC1. The summed E-state index contributed by atoms with van der Waals surface area (Å²) >= 11 is 3.16. The highest BCUT2D eigenvalue weighted by Crippen LogP contribution is 2.16. The zero-order valence-corrected chi connectivity index (χ0v) is 17.6. The molecule has 0 aliphatic carbocycles. The summed E-state index contributed by atoms with van der Waals surface area (Å²) < 4.78 is 14.1. The molecule has 8 heteroatoms. The first-order chi connectivity index (χ1) is 13.0. The predicted molar refractivity (Wildman–Crippen MR) is 110 cm³/mol. The van der Waals surface area contributed by atoms with Crippen molar-refractivity contribution in [2.75, 3.05) is 33.2 Å². The van der Waals surface area contributed by atoms with Crippen LogP contribution in [0.25, 0.3) is 0 Å². The second-order valence-electron chi connectivity index (χ2n) is 6.72. The molecule has 1 aliphatic rings. The first kappa shape index (κ1) is 21.6. The Labute approximate surface area is 169 Å². The highest BCUT2D eigenvalue weighted by molar-refractivity contribution is 9.10. The van der Waals surface area contributed by atoms with Gasteiger partial charge in [-0.15, -0.1) is 0 Å². The number of nitrogens with zero attached hydrogens (tertiary/aromatic N) is 2. The number of piperidine rings is 1. The van der Waals surface area contributed by atoms with Gasteiger partial charge in [0.1, 0.15) is 5.82 Å². The fraction of sp³-hybridized carbons (Fsp3) is 0.579. The van der Waals surface area contributed by atoms with Crippen molar-refractivity contribution in [1.29, 1.82) is 0 Å². The highest BCUT2D eigenvalue weighted by Gasteiger charge is 2.21. The van der Waals surface area contributed by atoms with Gasteiger partial charge in [-0.05, 0) is 52.9 Å². The van der Waals surface area contributed by atoms with E-state index in [1.807, 2.05) is 13.0 Å². The van der Waals surface area contributed by atoms with Crippen molar-refractivity contribution in [1.82, 2.24) is 20.9 Å². The summed E-state index contributed by atoms with van der Waals surface area (Å²) in [5.74, 6) is 0.535. The van der Waals surface area contributed by atoms with Crippen molar-refractivity contribution in [3.63, 3.8) is 0 Å². The zero-order chi connectivity index (χ0) is 19.6. The minimum absolute atomic E-state index is 0.0995. The third-order valence-electron chi connectivity index (χ3n) is 4.54. The van der Waals surface area contributed by atoms with E-state index in [0.717, 1.165) is 44.5 Å². The van der Waals surface area contributed by atoms with E-state index in [4.69, 9.17) is 0 Å². The van der Waals surface area contributed by atoms with Gasteiger partial charge in [-0.3, -0.25) is 14.7 Å². The van der Waals surface area contributed by atoms with Crippen LogP contribution in [-0.4, -0.2) is 56.0 Å². The number of halogens is 2. The Balaban J connectivity index is 1.72. The van der Waals surface area contributed by atoms with Gasteiger partial charge >= 0.3 is 0 Å². The second-order valence-corrected chi connectivity index (χ2v) is 7.57. The summed E-state index contributed by atoms with van der Waals surface area (Å²) in [5, 5.41) is 9.56. The van der Waals surface area contributed by atoms with Crippen molar-refractivity contribution < 1.29 is 9.18 Å². The van der Waals surface area contributed by atoms with E-state index in [0.29, 0.717) is 29.6 Å². The lowest BCUT2D eigenvalue weighted by Crippen LogP contribution is -2.50. The van der Waals surface area contributed by atoms with Gasteiger partial charge in [0.05, 0.1) is 11.0 Å². The van der Waals surface area contributed by atoms with Gasteiger partial charge in [0.2, 0.25) is 5.91 Å². The number of carbonyl (C=O) groups is 1. The number of carbonyl (C=O) groups excluding carboxylic acids is 1. The summed E-state index contributed by atoms with van der Waals surface area (Å²) in [6.07, 6.45) is 2.86. The average molecular weight is 442 g/mol. The molecule has 1 fully saturated rings. The number of hydrogen-bond donors (Lipinski definition) is 3. The Bertz CT molecular complexity index is 647. The Morgan fingerprint density at radius 2 is 2.07 bits per heavy atom. The Morgan fingerprint density at radius 3 is 2.70 bits per heavy atom. The van der Waals surface area contributed by atoms with Gasteiger partial charge in [-0.2, -0.15) is 0 Å². The summed E-state index contributed by atoms with van der Waals surface area (Å²) in [4.78, 5) is 18.3. The monoisotopic (exact) mass is 441 g/mol. The first-order valence-electron chi connectivity index (χ1n) is 9.42. The molecule has 0 atom stereocenters. The van der Waals surface area contributed by atoms with E-state index in [-0.39, 0.29) is 11.7 Å². The van der Waals surface area contributed by atoms with Crippen LogP contribution in [0, 0.1) is 5.82 Å². The van der Waals surface area contributed by atoms with Crippen molar-refractivity contribution >= 4 is 27.8 Å². The predicted octanol–water partition coefficient (Wildman–Crippen LogP) is 2.24. The van der Waals surface area contributed by atoms with Gasteiger partial charge in [0.15, 0.2) is 5.96 Å². The number of guanidine groups is 1. The fourth-order valence-corrected chi connectivity index (χ4v) is 3.23. The average Bonchev–Trinajstić information content (AvgIpc) is 2.67. The molecule has 1 amide bonds. The maximum atomic E-state index is 13.6. The van der Waals surface area contributed by atoms with Crippen LogP contribution < -0.4 is 16.0 Å². The number of aliphatic imine (C=N–C) groups is 1. The Morgan fingerprint density at radius 1 is 1.33 bits per heavy atom. The molecule has 2 rings (SSSR count). The number of rotatable bonds is 7. The maximum Gasteiger partial charge on any atom is 0.234 e. The Kier molecular flexibility index (Phi) is 9.00. The van der Waals surface area contributed by atoms with Gasteiger partial charge < -0.3 is 16.0 Å². The van der Waals surface area contributed by atoms with E-state index in [1.54, 1.807) is 13.1 Å². The quantitative estimate of drug-likeness (QED) is 0.448. The van der Waals surface area contributed by atoms with E-state index in [9.17, 15) is 9.18 Å². The number of amides is 1. The smallest absolute Gasteiger partial charge is 0.234 e. The lowest BCUT2D eigenvalue weighted by atomic mass is 10.1. The van der Waals surface area contributed by atoms with Crippen LogP contribution in [0.15, 0.2) is 27.7 Å². The van der Waals surface area contributed by atoms with E-state index < -0.39 is 0 Å². The Hall–Kier alpha value is -1.67. The van der Waals surface area contributed by atoms with Gasteiger partial charge in [-0.1, -0.05) is 13.0 Å². The summed E-state index contributed by atoms with van der Waals surface area (Å²) in [5.41, 5.74) is 0.853. The summed E-state index contributed by atoms with van der Waals surface area (Å²) in [7, 11) is 1.73. The molecule has 0 spiro atoms. The molecule has 1 aromatic rings. The van der Waals surface area contributed by atoms with Crippen LogP contribution in [0.5, 0.6) is 0 Å². The number of likely N-dealkylation sites (tertiary alicyclic amines) is 1. The molecule has 0 aromatic heterocycles. The molecule has 6 nitrogen and oxygen atoms in total. The maximum absolute atomic E-state index is 13.6. The van der Waals surface area contributed by atoms with Gasteiger partial charge in [0, 0.05) is 39.3 Å². The lowest BCUT2D eigenvalue weighted by Gasteiger charge is -2.32. The molecule has 1 aliphatic heterocycles. The van der Waals surface area contributed by atoms with Crippen LogP contribution in [0.4, 0.5) is 4.39 Å². The van der Waals surface area contributed by atoms with Crippen molar-refractivity contribution in [2.24, 2.45) is 4.99 Å². The van der Waals surface area contributed by atoms with Crippen LogP contribution in [0.2, 0.25) is 0 Å². The second kappa shape index (κ2) is 11.2. The van der Waals surface area contributed by atoms with Crippen LogP contribution in [-0.2, 0) is 11.3 Å². The molecule has 0 unspecified atom stereocenters. The molecule has 0 bridgehead atoms. The zero-order valence-electron chi connectivity index (χ0n) is 16.0. The molecule has 1 heterocycles. The number of benzene rings is 1. The molecule has 1 aromatic carbocycles. The molecule has 27 heavy (non-hydrogen) atoms. The van der Waals surface area contributed by atoms with Gasteiger partial charge in [0.25, 0.3) is 0 Å². The lowest BCUT2D eigenvalue weighted by molar-refractivity contribution is -0.122. The van der Waals surface area contributed by atoms with Crippen molar-refractivity contribution in [2.45, 2.75) is 38.8 Å². The van der Waals surface area contributed by atoms with Crippen LogP contribution >= 0.6 is 15.9 Å². The topological polar surface area (TPSA) is 68.8 Å². The third kappa shape index (κ3) is 7.46. The van der Waals surface area contributed by atoms with E-state index in [1.165, 1.54) is 6.07 Å². The summed E-state index contributed by atoms with van der Waals surface area (Å²) in [6.45, 7) is 5.51. The number of hydrogen-bond acceptors (Lipinski definition) is 3. The normalized spacial score (nSPS) is 16.2. The molecular weight excluding hydrogens is 413 g/mol. The van der Waals surface area contributed by atoms with E-state index >= 15 is 0 Å². The standard InChI is InChI=1S/C19H29BrFN5O/c1-3-8-23-18(27)13-26-9-6-15(7-10-26)25-19(22-2)24-12-14-4-5-16(20)17(21)11-14/h4-5,11,15H,3,6-10,12-13H2,1-2H3,(H,23,27)(H2,22,24,25). The first-order valence-corrected chi connectivity index (χ1v) is 10.2. The van der Waals surface area contributed by atoms with Gasteiger partial charge in [-0.25, -0.2) is 4.39 Å².